The lowest BCUT2D eigenvalue weighted by molar-refractivity contribution is 0.220. The van der Waals surface area contributed by atoms with Gasteiger partial charge in [-0.05, 0) is 57.1 Å². The molecule has 1 N–H and O–H groups in total. The molecular weight excluding hydrogens is 264 g/mol. The maximum Gasteiger partial charge on any atom is 0.119 e. The highest BCUT2D eigenvalue weighted by Gasteiger charge is 2.21. The molecular formula is C17H28N2O2. The molecule has 1 aliphatic rings. The minimum Gasteiger partial charge on any atom is -0.494 e. The Balaban J connectivity index is 1.72. The first-order valence-electron chi connectivity index (χ1n) is 7.87. The van der Waals surface area contributed by atoms with Gasteiger partial charge >= 0.3 is 0 Å². The van der Waals surface area contributed by atoms with Gasteiger partial charge in [-0.25, -0.2) is 0 Å². The molecule has 1 atom stereocenters. The Labute approximate surface area is 128 Å². The molecule has 4 heteroatoms. The van der Waals surface area contributed by atoms with E-state index in [0.717, 1.165) is 51.4 Å². The van der Waals surface area contributed by atoms with Gasteiger partial charge in [0.15, 0.2) is 0 Å². The van der Waals surface area contributed by atoms with E-state index >= 15 is 0 Å². The number of likely N-dealkylation sites (tertiary alicyclic amines) is 1. The van der Waals surface area contributed by atoms with Crippen molar-refractivity contribution in [3.8, 4) is 5.75 Å². The molecule has 1 unspecified atom stereocenters. The largest absolute Gasteiger partial charge is 0.494 e. The molecule has 1 fully saturated rings. The van der Waals surface area contributed by atoms with Crippen molar-refractivity contribution in [2.45, 2.75) is 19.4 Å². The smallest absolute Gasteiger partial charge is 0.119 e. The quantitative estimate of drug-likeness (QED) is 0.742. The van der Waals surface area contributed by atoms with E-state index in [-0.39, 0.29) is 0 Å². The SMILES string of the molecule is CN(C)CCCOc1ccc(CN2CCC(CO)C2)cc1. The first-order valence-corrected chi connectivity index (χ1v) is 7.87. The fourth-order valence-corrected chi connectivity index (χ4v) is 2.73. The second-order valence-corrected chi connectivity index (χ2v) is 6.22. The van der Waals surface area contributed by atoms with Gasteiger partial charge in [0, 0.05) is 26.2 Å². The molecule has 0 saturated carbocycles. The first-order chi connectivity index (χ1) is 10.2. The third-order valence-electron chi connectivity index (χ3n) is 3.98. The molecule has 0 spiro atoms. The molecule has 1 aromatic rings. The summed E-state index contributed by atoms with van der Waals surface area (Å²) in [6.45, 7) is 5.21. The molecule has 1 saturated heterocycles. The van der Waals surface area contributed by atoms with Crippen LogP contribution in [0.1, 0.15) is 18.4 Å². The van der Waals surface area contributed by atoms with E-state index < -0.39 is 0 Å². The van der Waals surface area contributed by atoms with Crippen LogP contribution in [0.2, 0.25) is 0 Å². The van der Waals surface area contributed by atoms with Crippen molar-refractivity contribution in [2.75, 3.05) is 46.9 Å². The number of hydrogen-bond acceptors (Lipinski definition) is 4. The number of benzene rings is 1. The number of aliphatic hydroxyl groups excluding tert-OH is 1. The number of hydrogen-bond donors (Lipinski definition) is 1. The standard InChI is InChI=1S/C17H28N2O2/c1-18(2)9-3-11-21-17-6-4-15(5-7-17)12-19-10-8-16(13-19)14-20/h4-7,16,20H,3,8-14H2,1-2H3. The molecule has 0 amide bonds. The summed E-state index contributed by atoms with van der Waals surface area (Å²) in [6.07, 6.45) is 2.16. The molecule has 118 valence electrons. The van der Waals surface area contributed by atoms with E-state index in [9.17, 15) is 5.11 Å². The van der Waals surface area contributed by atoms with Crippen molar-refractivity contribution in [3.63, 3.8) is 0 Å². The van der Waals surface area contributed by atoms with Gasteiger partial charge in [0.2, 0.25) is 0 Å². The Morgan fingerprint density at radius 2 is 2.05 bits per heavy atom. The molecule has 0 aromatic heterocycles. The van der Waals surface area contributed by atoms with E-state index in [1.807, 2.05) is 0 Å². The summed E-state index contributed by atoms with van der Waals surface area (Å²) in [4.78, 5) is 4.58. The van der Waals surface area contributed by atoms with Crippen molar-refractivity contribution in [3.05, 3.63) is 29.8 Å². The van der Waals surface area contributed by atoms with Crippen LogP contribution >= 0.6 is 0 Å². The fourth-order valence-electron chi connectivity index (χ4n) is 2.73. The van der Waals surface area contributed by atoms with Crippen LogP contribution in [0, 0.1) is 5.92 Å². The monoisotopic (exact) mass is 292 g/mol. The van der Waals surface area contributed by atoms with Gasteiger partial charge in [0.05, 0.1) is 6.61 Å². The Kier molecular flexibility index (Phi) is 6.49. The highest BCUT2D eigenvalue weighted by atomic mass is 16.5. The van der Waals surface area contributed by atoms with Crippen LogP contribution in [0.15, 0.2) is 24.3 Å². The summed E-state index contributed by atoms with van der Waals surface area (Å²) in [5.74, 6) is 1.41. The van der Waals surface area contributed by atoms with Gasteiger partial charge in [0.25, 0.3) is 0 Å². The number of nitrogens with zero attached hydrogens (tertiary/aromatic N) is 2. The van der Waals surface area contributed by atoms with Gasteiger partial charge < -0.3 is 14.7 Å². The Morgan fingerprint density at radius 3 is 2.67 bits per heavy atom. The summed E-state index contributed by atoms with van der Waals surface area (Å²) < 4.78 is 5.74. The second kappa shape index (κ2) is 8.37. The summed E-state index contributed by atoms with van der Waals surface area (Å²) in [7, 11) is 4.16. The molecule has 0 bridgehead atoms. The third kappa shape index (κ3) is 5.65. The maximum atomic E-state index is 9.18. The van der Waals surface area contributed by atoms with E-state index in [4.69, 9.17) is 4.74 Å². The van der Waals surface area contributed by atoms with E-state index in [2.05, 4.69) is 48.2 Å². The van der Waals surface area contributed by atoms with E-state index in [1.54, 1.807) is 0 Å². The Bertz CT molecular complexity index is 406. The van der Waals surface area contributed by atoms with Crippen LogP contribution < -0.4 is 4.74 Å². The Hall–Kier alpha value is -1.10. The zero-order valence-corrected chi connectivity index (χ0v) is 13.3. The highest BCUT2D eigenvalue weighted by Crippen LogP contribution is 2.19. The topological polar surface area (TPSA) is 35.9 Å². The average Bonchev–Trinajstić information content (AvgIpc) is 2.93. The number of rotatable bonds is 8. The van der Waals surface area contributed by atoms with Gasteiger partial charge in [-0.2, -0.15) is 0 Å². The minimum absolute atomic E-state index is 0.316. The summed E-state index contributed by atoms with van der Waals surface area (Å²) >= 11 is 0. The first kappa shape index (κ1) is 16.3. The van der Waals surface area contributed by atoms with E-state index in [0.29, 0.717) is 12.5 Å². The summed E-state index contributed by atoms with van der Waals surface area (Å²) in [6, 6.07) is 8.41. The van der Waals surface area contributed by atoms with Crippen LogP contribution in [0.4, 0.5) is 0 Å². The van der Waals surface area contributed by atoms with Gasteiger partial charge in [-0.1, -0.05) is 12.1 Å². The van der Waals surface area contributed by atoms with Crippen molar-refractivity contribution >= 4 is 0 Å². The lowest BCUT2D eigenvalue weighted by Crippen LogP contribution is -2.20. The zero-order chi connectivity index (χ0) is 15.1. The molecule has 21 heavy (non-hydrogen) atoms. The van der Waals surface area contributed by atoms with Crippen molar-refractivity contribution in [1.29, 1.82) is 0 Å². The van der Waals surface area contributed by atoms with Crippen LogP contribution in [0.5, 0.6) is 5.75 Å². The normalized spacial score (nSPS) is 19.3. The lowest BCUT2D eigenvalue weighted by atomic mass is 10.1. The van der Waals surface area contributed by atoms with Crippen LogP contribution in [0.3, 0.4) is 0 Å². The van der Waals surface area contributed by atoms with Crippen molar-refractivity contribution in [1.82, 2.24) is 9.80 Å². The van der Waals surface area contributed by atoms with Crippen LogP contribution in [0.25, 0.3) is 0 Å². The highest BCUT2D eigenvalue weighted by molar-refractivity contribution is 5.27. The third-order valence-corrected chi connectivity index (χ3v) is 3.98. The number of aliphatic hydroxyl groups is 1. The molecule has 2 rings (SSSR count). The molecule has 1 aromatic carbocycles. The molecule has 4 nitrogen and oxygen atoms in total. The van der Waals surface area contributed by atoms with Crippen LogP contribution in [-0.4, -0.2) is 61.8 Å². The minimum atomic E-state index is 0.316. The van der Waals surface area contributed by atoms with E-state index in [1.165, 1.54) is 5.56 Å². The van der Waals surface area contributed by atoms with Gasteiger partial charge in [0.1, 0.15) is 5.75 Å². The molecule has 1 aliphatic heterocycles. The molecule has 1 heterocycles. The maximum absolute atomic E-state index is 9.18. The lowest BCUT2D eigenvalue weighted by Gasteiger charge is -2.16. The van der Waals surface area contributed by atoms with Gasteiger partial charge in [-0.3, -0.25) is 4.90 Å². The average molecular weight is 292 g/mol. The van der Waals surface area contributed by atoms with Crippen molar-refractivity contribution in [2.24, 2.45) is 5.92 Å². The summed E-state index contributed by atoms with van der Waals surface area (Å²) in [5, 5.41) is 9.18. The van der Waals surface area contributed by atoms with Crippen LogP contribution in [-0.2, 0) is 6.54 Å². The molecule has 0 aliphatic carbocycles. The number of ether oxygens (including phenoxy) is 1. The second-order valence-electron chi connectivity index (χ2n) is 6.22. The Morgan fingerprint density at radius 1 is 1.29 bits per heavy atom. The van der Waals surface area contributed by atoms with Gasteiger partial charge in [-0.15, -0.1) is 0 Å². The summed E-state index contributed by atoms with van der Waals surface area (Å²) in [5.41, 5.74) is 1.31. The zero-order valence-electron chi connectivity index (χ0n) is 13.3. The predicted octanol–water partition coefficient (Wildman–Crippen LogP) is 1.83. The predicted molar refractivity (Wildman–Crippen MR) is 85.6 cm³/mol. The van der Waals surface area contributed by atoms with Crippen molar-refractivity contribution < 1.29 is 9.84 Å². The molecule has 0 radical (unpaired) electrons. The fraction of sp³-hybridized carbons (Fsp3) is 0.647.